The Balaban J connectivity index is 0.000000174. The standard InChI is InChI=1S/C20H32O2.C16H26O3.C15H24O4.C13H18O5.C13H24O2.C12H14F10O3.C10H16O4/c1-5-19(3,4)18(21)22-20(6-2)11-14-10-15(20)17-13-8-7-12(9-13)16(14)17;1-4-14(2,3)13(17)19-16-8-11-5-12(9-16)7-15(18,6-11)10-16;1-3-10(2)12(16)19-15-6-11-4-13(17,8-15)7-14(18,5-11)9-15;1-4-13(2,3)12(15)18-9-7-5-6-8(16-7)10(9)17-11(6)14;1-5-12(3,4)11(14)15-13(6-2)9-7-8-10-13;1-4-8(2,3)7(23)25-5(11(17,18)19)10(15,16)9(24,6(13)14)12(20,21)22;1-4-10(2,3)9(12)14-7-5-6-13-8(7)11/h12-17H,5-11H2,1-4H3;11-12,18H,4-10H2,1-3H3;10-11,17-18H,3-9H2,1-2H3;6-10H,4-5H2,1-3H3;5-10H2,1-4H3;5-6,24H,4H2,1-3H3;7H,4-6H2,1-3H3. The molecule has 0 aromatic rings. The van der Waals surface area contributed by atoms with Crippen LogP contribution in [0.1, 0.15) is 358 Å². The lowest BCUT2D eigenvalue weighted by atomic mass is 9.50. The number of rotatable bonds is 26. The molecule has 4 aliphatic heterocycles. The molecule has 132 heavy (non-hydrogen) atoms. The Kier molecular flexibility index (Phi) is 33.2. The molecule has 33 heteroatoms. The summed E-state index contributed by atoms with van der Waals surface area (Å²) in [5, 5.41) is 40.6. The average molecular weight is 1900 g/mol. The van der Waals surface area contributed by atoms with E-state index in [9.17, 15) is 102 Å². The molecule has 4 N–H and O–H groups in total. The van der Waals surface area contributed by atoms with Crippen molar-refractivity contribution >= 4 is 53.7 Å². The molecule has 0 radical (unpaired) electrons. The molecule has 13 saturated carbocycles. The van der Waals surface area contributed by atoms with Crippen LogP contribution in [0.2, 0.25) is 0 Å². The van der Waals surface area contributed by atoms with E-state index in [-0.39, 0.29) is 106 Å². The Morgan fingerprint density at radius 1 is 0.477 bits per heavy atom. The van der Waals surface area contributed by atoms with Crippen LogP contribution in [0.3, 0.4) is 0 Å². The number of cyclic esters (lactones) is 1. The molecule has 4 heterocycles. The van der Waals surface area contributed by atoms with Gasteiger partial charge in [0.1, 0.15) is 28.5 Å². The zero-order chi connectivity index (χ0) is 99.5. The summed E-state index contributed by atoms with van der Waals surface area (Å²) < 4.78 is 182. The number of esters is 9. The Bertz CT molecular complexity index is 4040. The molecule has 4 saturated heterocycles. The van der Waals surface area contributed by atoms with Gasteiger partial charge in [-0.2, -0.15) is 35.1 Å². The fraction of sp³-hybridized carbons (Fsp3) is 0.909. The minimum Gasteiger partial charge on any atom is -0.463 e. The van der Waals surface area contributed by atoms with Crippen LogP contribution in [0, 0.1) is 97.6 Å². The van der Waals surface area contributed by atoms with Crippen molar-refractivity contribution in [3.63, 3.8) is 0 Å². The number of alkyl halides is 10. The number of hydrogen-bond donors (Lipinski definition) is 4. The summed E-state index contributed by atoms with van der Waals surface area (Å²) in [5.41, 5.74) is -13.8. The largest absolute Gasteiger partial charge is 0.463 e. The van der Waals surface area contributed by atoms with Gasteiger partial charge in [0.2, 0.25) is 6.10 Å². The molecule has 14 bridgehead atoms. The van der Waals surface area contributed by atoms with E-state index in [2.05, 4.69) is 25.5 Å². The first kappa shape index (κ1) is 110. The lowest BCUT2D eigenvalue weighted by molar-refractivity contribution is -0.401. The smallest absolute Gasteiger partial charge is 0.431 e. The third-order valence-corrected chi connectivity index (χ3v) is 33.7. The number of ether oxygens (including phenoxy) is 10. The van der Waals surface area contributed by atoms with Gasteiger partial charge in [-0.1, -0.05) is 69.2 Å². The lowest BCUT2D eigenvalue weighted by Crippen LogP contribution is -2.70. The van der Waals surface area contributed by atoms with E-state index in [4.69, 9.17) is 47.7 Å². The molecule has 17 fully saturated rings. The number of halogens is 10. The van der Waals surface area contributed by atoms with E-state index in [1.165, 1.54) is 51.9 Å². The van der Waals surface area contributed by atoms with Crippen LogP contribution in [0.4, 0.5) is 43.9 Å². The van der Waals surface area contributed by atoms with Crippen molar-refractivity contribution in [3.8, 4) is 0 Å². The van der Waals surface area contributed by atoms with Crippen molar-refractivity contribution in [2.75, 3.05) is 6.61 Å². The van der Waals surface area contributed by atoms with Crippen LogP contribution < -0.4 is 0 Å². The fourth-order valence-corrected chi connectivity index (χ4v) is 23.6. The first-order valence-electron chi connectivity index (χ1n) is 48.9. The highest BCUT2D eigenvalue weighted by Gasteiger charge is 2.82. The van der Waals surface area contributed by atoms with Crippen molar-refractivity contribution in [1.82, 2.24) is 0 Å². The molecule has 20 unspecified atom stereocenters. The maximum absolute atomic E-state index is 13.8. The van der Waals surface area contributed by atoms with Gasteiger partial charge in [-0.3, -0.25) is 38.4 Å². The average Bonchev–Trinajstić information content (AvgIpc) is 1.49. The predicted octanol–water partition coefficient (Wildman–Crippen LogP) is 19.7. The van der Waals surface area contributed by atoms with Crippen molar-refractivity contribution in [1.29, 1.82) is 0 Å². The van der Waals surface area contributed by atoms with Gasteiger partial charge in [0.05, 0.1) is 73.8 Å². The normalized spacial score (nSPS) is 35.2. The molecular formula is C99H154F10O23. The first-order chi connectivity index (χ1) is 60.6. The molecule has 17 rings (SSSR count). The highest BCUT2D eigenvalue weighted by molar-refractivity contribution is 5.83. The highest BCUT2D eigenvalue weighted by Crippen LogP contribution is 2.72. The molecule has 20 atom stereocenters. The topological polar surface area (TPSA) is 327 Å². The zero-order valence-electron chi connectivity index (χ0n) is 82.1. The van der Waals surface area contributed by atoms with Crippen LogP contribution in [0.15, 0.2) is 0 Å². The quantitative estimate of drug-likeness (QED) is 0.0270. The SMILES string of the molecule is CCC(C)(C)C(=O)OC(C(F)(F)F)C(F)(F)C(O)(C(F)F)C(F)(F)F.CCC(C)(C)C(=O)OC1(CC)CC2CC1C1C3CCC(C3)C21.CCC(C)(C)C(=O)OC12CC3CC(CC(O)(C3)C1)C2.CCC(C)(C)C(=O)OC1C2CC3C(=O)OC1C3O2.CCC(C)(C)C(=O)OC1CCOC1=O.CCC(C)C(=O)OC12CC3CC(O)(CC(O)(C3)C1)C2.CCC1(OC(=O)C(C)(C)CC)CCCC1. The molecule has 23 nitrogen and oxygen atoms in total. The second kappa shape index (κ2) is 39.9. The van der Waals surface area contributed by atoms with Gasteiger partial charge in [-0.25, -0.2) is 13.6 Å². The second-order valence-corrected chi connectivity index (χ2v) is 45.9. The van der Waals surface area contributed by atoms with Crippen molar-refractivity contribution in [2.24, 2.45) is 97.6 Å². The minimum absolute atomic E-state index is 0.0197. The predicted molar refractivity (Wildman–Crippen MR) is 463 cm³/mol. The Labute approximate surface area is 773 Å². The number of carbonyl (C=O) groups is 9. The lowest BCUT2D eigenvalue weighted by Gasteiger charge is -2.62. The highest BCUT2D eigenvalue weighted by atomic mass is 19.4. The van der Waals surface area contributed by atoms with Crippen LogP contribution in [-0.2, 0) is 90.5 Å². The van der Waals surface area contributed by atoms with Gasteiger partial charge in [0, 0.05) is 38.0 Å². The van der Waals surface area contributed by atoms with E-state index >= 15 is 0 Å². The molecule has 13 aliphatic carbocycles. The first-order valence-corrected chi connectivity index (χ1v) is 48.9. The number of aliphatic hydroxyl groups is 4. The van der Waals surface area contributed by atoms with Crippen LogP contribution in [0.25, 0.3) is 0 Å². The van der Waals surface area contributed by atoms with Crippen LogP contribution in [0.5, 0.6) is 0 Å². The minimum atomic E-state index is -6.86. The third-order valence-electron chi connectivity index (χ3n) is 33.7. The van der Waals surface area contributed by atoms with Gasteiger partial charge >= 0.3 is 72.0 Å². The summed E-state index contributed by atoms with van der Waals surface area (Å²) in [5.74, 6) is -3.58. The van der Waals surface area contributed by atoms with Gasteiger partial charge in [-0.05, 0) is 304 Å². The summed E-state index contributed by atoms with van der Waals surface area (Å²) >= 11 is 0. The Hall–Kier alpha value is -5.67. The molecule has 758 valence electrons. The van der Waals surface area contributed by atoms with Crippen LogP contribution in [-0.4, -0.2) is 187 Å². The summed E-state index contributed by atoms with van der Waals surface area (Å²) in [4.78, 5) is 107. The molecule has 17 aliphatic rings. The number of carbonyl (C=O) groups excluding carboxylic acids is 9. The van der Waals surface area contributed by atoms with E-state index in [0.717, 1.165) is 146 Å². The Morgan fingerprint density at radius 3 is 1.39 bits per heavy atom. The molecule has 0 amide bonds. The van der Waals surface area contributed by atoms with Crippen molar-refractivity contribution in [2.45, 2.75) is 464 Å². The molecule has 0 spiro atoms. The van der Waals surface area contributed by atoms with Gasteiger partial charge in [0.25, 0.3) is 18.1 Å². The van der Waals surface area contributed by atoms with Crippen molar-refractivity contribution < 1.29 is 155 Å². The van der Waals surface area contributed by atoms with E-state index < -0.39 is 111 Å². The van der Waals surface area contributed by atoms with Crippen LogP contribution >= 0.6 is 0 Å². The van der Waals surface area contributed by atoms with E-state index in [1.54, 1.807) is 13.8 Å². The number of fused-ring (bicyclic) bond motifs is 10. The maximum Gasteiger partial charge on any atom is 0.431 e. The van der Waals surface area contributed by atoms with Gasteiger partial charge in [-0.15, -0.1) is 0 Å². The number of hydrogen-bond acceptors (Lipinski definition) is 23. The van der Waals surface area contributed by atoms with E-state index in [1.807, 2.05) is 96.9 Å². The van der Waals surface area contributed by atoms with Crippen molar-refractivity contribution in [3.05, 3.63) is 0 Å². The summed E-state index contributed by atoms with van der Waals surface area (Å²) in [6, 6.07) is 0. The molecule has 0 aromatic heterocycles. The fourth-order valence-electron chi connectivity index (χ4n) is 23.6. The molecule has 0 aromatic carbocycles. The zero-order valence-corrected chi connectivity index (χ0v) is 82.1. The molecular weight excluding hydrogens is 1750 g/mol. The third kappa shape index (κ3) is 23.1. The summed E-state index contributed by atoms with van der Waals surface area (Å²) in [7, 11) is 0. The maximum atomic E-state index is 13.8. The Morgan fingerprint density at radius 2 is 0.939 bits per heavy atom. The van der Waals surface area contributed by atoms with E-state index in [0.29, 0.717) is 75.7 Å². The summed E-state index contributed by atoms with van der Waals surface area (Å²) in [6.07, 6.45) is 2.85. The van der Waals surface area contributed by atoms with Gasteiger partial charge < -0.3 is 67.8 Å². The second-order valence-electron chi connectivity index (χ2n) is 45.9. The monoisotopic (exact) mass is 1900 g/mol. The summed E-state index contributed by atoms with van der Waals surface area (Å²) in [6.45, 7) is 40.9. The van der Waals surface area contributed by atoms with Gasteiger partial charge in [0.15, 0.2) is 12.2 Å².